The summed E-state index contributed by atoms with van der Waals surface area (Å²) in [4.78, 5) is 28.3. The van der Waals surface area contributed by atoms with E-state index in [0.29, 0.717) is 30.9 Å². The van der Waals surface area contributed by atoms with E-state index in [9.17, 15) is 14.9 Å². The van der Waals surface area contributed by atoms with Crippen LogP contribution in [-0.4, -0.2) is 29.9 Å². The topological polar surface area (TPSA) is 76.4 Å². The van der Waals surface area contributed by atoms with Gasteiger partial charge in [-0.15, -0.1) is 0 Å². The highest BCUT2D eigenvalue weighted by Crippen LogP contribution is 2.24. The molecular formula is C22H24N4O2. The summed E-state index contributed by atoms with van der Waals surface area (Å²) in [5.41, 5.74) is 2.96. The van der Waals surface area contributed by atoms with E-state index in [2.05, 4.69) is 11.4 Å². The highest BCUT2D eigenvalue weighted by atomic mass is 16.2. The zero-order valence-electron chi connectivity index (χ0n) is 16.2. The van der Waals surface area contributed by atoms with Crippen LogP contribution in [0.3, 0.4) is 0 Å². The number of nitrogens with zero attached hydrogens (tertiary/aromatic N) is 3. The second-order valence-corrected chi connectivity index (χ2v) is 7.17. The number of hydrogen-bond acceptors (Lipinski definition) is 3. The molecule has 1 saturated heterocycles. The molecule has 1 N–H and O–H groups in total. The zero-order valence-corrected chi connectivity index (χ0v) is 16.2. The molecule has 2 aromatic carbocycles. The van der Waals surface area contributed by atoms with Gasteiger partial charge in [0.25, 0.3) is 0 Å². The van der Waals surface area contributed by atoms with E-state index in [1.54, 1.807) is 15.9 Å². The number of rotatable bonds is 5. The largest absolute Gasteiger partial charge is 0.326 e. The van der Waals surface area contributed by atoms with Gasteiger partial charge in [-0.25, -0.2) is 4.79 Å². The second kappa shape index (κ2) is 8.57. The molecule has 0 unspecified atom stereocenters. The first-order valence-electron chi connectivity index (χ1n) is 9.45. The number of hydrogen-bond donors (Lipinski definition) is 1. The van der Waals surface area contributed by atoms with Gasteiger partial charge in [0.1, 0.15) is 0 Å². The Bertz CT molecular complexity index is 899. The lowest BCUT2D eigenvalue weighted by molar-refractivity contribution is -0.118. The van der Waals surface area contributed by atoms with Gasteiger partial charge < -0.3 is 10.2 Å². The van der Waals surface area contributed by atoms with E-state index in [0.717, 1.165) is 17.7 Å². The summed E-state index contributed by atoms with van der Waals surface area (Å²) < 4.78 is 0. The molecule has 3 rings (SSSR count). The molecule has 28 heavy (non-hydrogen) atoms. The van der Waals surface area contributed by atoms with Crippen molar-refractivity contribution in [2.75, 3.05) is 23.3 Å². The fourth-order valence-corrected chi connectivity index (χ4v) is 3.15. The summed E-state index contributed by atoms with van der Waals surface area (Å²) in [6.45, 7) is 5.41. The molecule has 0 aromatic heterocycles. The van der Waals surface area contributed by atoms with Gasteiger partial charge >= 0.3 is 6.03 Å². The molecular weight excluding hydrogens is 352 g/mol. The van der Waals surface area contributed by atoms with Gasteiger partial charge in [0.05, 0.1) is 11.6 Å². The maximum atomic E-state index is 13.0. The van der Waals surface area contributed by atoms with Crippen molar-refractivity contribution in [1.82, 2.24) is 4.90 Å². The van der Waals surface area contributed by atoms with Crippen LogP contribution >= 0.6 is 0 Å². The lowest BCUT2D eigenvalue weighted by atomic mass is 10.1. The minimum Gasteiger partial charge on any atom is -0.326 e. The van der Waals surface area contributed by atoms with Crippen molar-refractivity contribution in [3.63, 3.8) is 0 Å². The van der Waals surface area contributed by atoms with Crippen LogP contribution in [0.4, 0.5) is 16.2 Å². The standard InChI is InChI=1S/C22H24N4O2/c1-16(2)21(27)24-19-8-10-20(11-9-19)26-13-5-12-25(22(26)28)15-18-7-4-3-6-17(18)14-23/h3-4,6-11,16H,5,12-13,15H2,1-2H3,(H,24,27). The van der Waals surface area contributed by atoms with E-state index in [-0.39, 0.29) is 17.9 Å². The van der Waals surface area contributed by atoms with Crippen molar-refractivity contribution in [3.8, 4) is 6.07 Å². The van der Waals surface area contributed by atoms with Crippen LogP contribution in [0.5, 0.6) is 0 Å². The third-order valence-corrected chi connectivity index (χ3v) is 4.78. The highest BCUT2D eigenvalue weighted by Gasteiger charge is 2.27. The first kappa shape index (κ1) is 19.4. The maximum absolute atomic E-state index is 13.0. The van der Waals surface area contributed by atoms with Gasteiger partial charge in [-0.2, -0.15) is 5.26 Å². The number of benzene rings is 2. The molecule has 0 bridgehead atoms. The van der Waals surface area contributed by atoms with Crippen molar-refractivity contribution in [2.45, 2.75) is 26.8 Å². The van der Waals surface area contributed by atoms with Crippen LogP contribution < -0.4 is 10.2 Å². The van der Waals surface area contributed by atoms with Crippen molar-refractivity contribution in [1.29, 1.82) is 5.26 Å². The first-order chi connectivity index (χ1) is 13.5. The van der Waals surface area contributed by atoms with E-state index >= 15 is 0 Å². The quantitative estimate of drug-likeness (QED) is 0.857. The second-order valence-electron chi connectivity index (χ2n) is 7.17. The van der Waals surface area contributed by atoms with Crippen LogP contribution in [0.15, 0.2) is 48.5 Å². The van der Waals surface area contributed by atoms with Crippen LogP contribution in [-0.2, 0) is 11.3 Å². The molecule has 0 aliphatic carbocycles. The summed E-state index contributed by atoms with van der Waals surface area (Å²) >= 11 is 0. The Morgan fingerprint density at radius 3 is 2.54 bits per heavy atom. The predicted molar refractivity (Wildman–Crippen MR) is 109 cm³/mol. The summed E-state index contributed by atoms with van der Waals surface area (Å²) in [7, 11) is 0. The number of anilines is 2. The number of carbonyl (C=O) groups excluding carboxylic acids is 2. The summed E-state index contributed by atoms with van der Waals surface area (Å²) in [6.07, 6.45) is 0.853. The predicted octanol–water partition coefficient (Wildman–Crippen LogP) is 3.99. The Morgan fingerprint density at radius 2 is 1.86 bits per heavy atom. The maximum Gasteiger partial charge on any atom is 0.324 e. The fourth-order valence-electron chi connectivity index (χ4n) is 3.15. The molecule has 1 aliphatic rings. The SMILES string of the molecule is CC(C)C(=O)Nc1ccc(N2CCCN(Cc3ccccc3C#N)C2=O)cc1. The Kier molecular flexibility index (Phi) is 5.95. The van der Waals surface area contributed by atoms with Crippen molar-refractivity contribution in [2.24, 2.45) is 5.92 Å². The molecule has 1 aliphatic heterocycles. The lowest BCUT2D eigenvalue weighted by Gasteiger charge is -2.36. The van der Waals surface area contributed by atoms with Gasteiger partial charge in [-0.1, -0.05) is 32.0 Å². The summed E-state index contributed by atoms with van der Waals surface area (Å²) in [5, 5.41) is 12.1. The molecule has 1 heterocycles. The number of urea groups is 1. The normalized spacial score (nSPS) is 14.1. The van der Waals surface area contributed by atoms with E-state index in [1.165, 1.54) is 0 Å². The van der Waals surface area contributed by atoms with E-state index in [4.69, 9.17) is 0 Å². The van der Waals surface area contributed by atoms with Crippen LogP contribution in [0.1, 0.15) is 31.4 Å². The number of carbonyl (C=O) groups is 2. The van der Waals surface area contributed by atoms with Crippen molar-refractivity contribution < 1.29 is 9.59 Å². The number of nitrogens with one attached hydrogen (secondary N) is 1. The van der Waals surface area contributed by atoms with Crippen molar-refractivity contribution >= 4 is 23.3 Å². The first-order valence-corrected chi connectivity index (χ1v) is 9.45. The molecule has 1 fully saturated rings. The number of amides is 3. The molecule has 0 radical (unpaired) electrons. The van der Waals surface area contributed by atoms with Crippen LogP contribution in [0.25, 0.3) is 0 Å². The molecule has 0 spiro atoms. The Morgan fingerprint density at radius 1 is 1.14 bits per heavy atom. The number of nitriles is 1. The lowest BCUT2D eigenvalue weighted by Crippen LogP contribution is -2.49. The highest BCUT2D eigenvalue weighted by molar-refractivity contribution is 5.94. The van der Waals surface area contributed by atoms with Gasteiger partial charge in [-0.05, 0) is 42.3 Å². The van der Waals surface area contributed by atoms with Crippen LogP contribution in [0.2, 0.25) is 0 Å². The molecule has 0 saturated carbocycles. The van der Waals surface area contributed by atoms with Gasteiger partial charge in [0.15, 0.2) is 0 Å². The molecule has 3 amide bonds. The third kappa shape index (κ3) is 4.32. The average Bonchev–Trinajstić information content (AvgIpc) is 2.70. The molecule has 144 valence electrons. The average molecular weight is 376 g/mol. The summed E-state index contributed by atoms with van der Waals surface area (Å²) in [5.74, 6) is -0.127. The van der Waals surface area contributed by atoms with Gasteiger partial charge in [0.2, 0.25) is 5.91 Å². The molecule has 0 atom stereocenters. The van der Waals surface area contributed by atoms with E-state index in [1.807, 2.05) is 56.3 Å². The Labute approximate surface area is 165 Å². The molecule has 6 nitrogen and oxygen atoms in total. The van der Waals surface area contributed by atoms with E-state index < -0.39 is 0 Å². The van der Waals surface area contributed by atoms with Crippen molar-refractivity contribution in [3.05, 3.63) is 59.7 Å². The minimum absolute atomic E-state index is 0.0378. The van der Waals surface area contributed by atoms with Crippen LogP contribution in [0, 0.1) is 17.2 Å². The zero-order chi connectivity index (χ0) is 20.1. The third-order valence-electron chi connectivity index (χ3n) is 4.78. The Balaban J connectivity index is 1.72. The molecule has 6 heteroatoms. The molecule has 2 aromatic rings. The monoisotopic (exact) mass is 376 g/mol. The van der Waals surface area contributed by atoms with Gasteiger partial charge in [0, 0.05) is 36.9 Å². The smallest absolute Gasteiger partial charge is 0.324 e. The summed E-state index contributed by atoms with van der Waals surface area (Å²) in [6, 6.07) is 16.8. The Hall–Kier alpha value is -3.33. The fraction of sp³-hybridized carbons (Fsp3) is 0.318. The van der Waals surface area contributed by atoms with Gasteiger partial charge in [-0.3, -0.25) is 9.69 Å². The minimum atomic E-state index is -0.0896.